The number of ketones is 1. The van der Waals surface area contributed by atoms with E-state index in [9.17, 15) is 4.79 Å². The summed E-state index contributed by atoms with van der Waals surface area (Å²) < 4.78 is 6.07. The number of carbonyl (C=O) groups is 1. The zero-order valence-electron chi connectivity index (χ0n) is 12.0. The van der Waals surface area contributed by atoms with Crippen LogP contribution in [0.4, 0.5) is 0 Å². The van der Waals surface area contributed by atoms with Crippen LogP contribution in [0.15, 0.2) is 0 Å². The minimum absolute atomic E-state index is 0.275. The molecule has 0 unspecified atom stereocenters. The maximum Gasteiger partial charge on any atom is 0.191 e. The van der Waals surface area contributed by atoms with Gasteiger partial charge in [-0.05, 0) is 37.4 Å². The molecule has 0 amide bonds. The summed E-state index contributed by atoms with van der Waals surface area (Å²) in [6.45, 7) is 15.9. The standard InChI is InChI=1S/C13H28O2Si/c1-11(10-12(2)14)8-9-15-16(6,7)13(3,4)5/h11H,8-10H2,1-7H3/t11-/m1/s1. The summed E-state index contributed by atoms with van der Waals surface area (Å²) in [6.07, 6.45) is 1.67. The Labute approximate surface area is 102 Å². The number of hydrogen-bond donors (Lipinski definition) is 0. The molecule has 0 spiro atoms. The third-order valence-corrected chi connectivity index (χ3v) is 8.05. The molecule has 0 saturated carbocycles. The molecule has 0 aromatic carbocycles. The van der Waals surface area contributed by atoms with Gasteiger partial charge in [0.15, 0.2) is 8.32 Å². The van der Waals surface area contributed by atoms with Gasteiger partial charge in [-0.1, -0.05) is 27.7 Å². The Morgan fingerprint density at radius 2 is 1.81 bits per heavy atom. The zero-order valence-corrected chi connectivity index (χ0v) is 13.0. The lowest BCUT2D eigenvalue weighted by atomic mass is 10.0. The lowest BCUT2D eigenvalue weighted by Crippen LogP contribution is -2.41. The molecule has 0 saturated heterocycles. The van der Waals surface area contributed by atoms with Gasteiger partial charge in [0, 0.05) is 13.0 Å². The number of rotatable bonds is 6. The van der Waals surface area contributed by atoms with Crippen molar-refractivity contribution in [3.8, 4) is 0 Å². The van der Waals surface area contributed by atoms with Gasteiger partial charge in [-0.2, -0.15) is 0 Å². The SMILES string of the molecule is CC(=O)C[C@H](C)CCO[Si](C)(C)C(C)(C)C. The molecule has 0 rings (SSSR count). The largest absolute Gasteiger partial charge is 0.417 e. The Bertz CT molecular complexity index is 229. The molecule has 1 atom stereocenters. The van der Waals surface area contributed by atoms with Crippen LogP contribution in [-0.4, -0.2) is 20.7 Å². The van der Waals surface area contributed by atoms with Crippen LogP contribution in [0, 0.1) is 5.92 Å². The van der Waals surface area contributed by atoms with Gasteiger partial charge in [0.1, 0.15) is 5.78 Å². The maximum absolute atomic E-state index is 10.9. The van der Waals surface area contributed by atoms with Crippen LogP contribution in [0.5, 0.6) is 0 Å². The molecule has 16 heavy (non-hydrogen) atoms. The van der Waals surface area contributed by atoms with Crippen LogP contribution < -0.4 is 0 Å². The molecular formula is C13H28O2Si. The van der Waals surface area contributed by atoms with Crippen molar-refractivity contribution in [1.82, 2.24) is 0 Å². The first-order valence-electron chi connectivity index (χ1n) is 6.19. The highest BCUT2D eigenvalue weighted by Crippen LogP contribution is 2.36. The van der Waals surface area contributed by atoms with Crippen LogP contribution in [-0.2, 0) is 9.22 Å². The van der Waals surface area contributed by atoms with Crippen molar-refractivity contribution < 1.29 is 9.22 Å². The molecule has 0 bridgehead atoms. The van der Waals surface area contributed by atoms with E-state index in [1.165, 1.54) is 0 Å². The maximum atomic E-state index is 10.9. The van der Waals surface area contributed by atoms with Gasteiger partial charge in [0.25, 0.3) is 0 Å². The van der Waals surface area contributed by atoms with Crippen LogP contribution in [0.25, 0.3) is 0 Å². The highest BCUT2D eigenvalue weighted by atomic mass is 28.4. The smallest absolute Gasteiger partial charge is 0.191 e. The van der Waals surface area contributed by atoms with Gasteiger partial charge in [-0.3, -0.25) is 0 Å². The summed E-state index contributed by atoms with van der Waals surface area (Å²) in [5.41, 5.74) is 0. The van der Waals surface area contributed by atoms with Crippen molar-refractivity contribution in [3.63, 3.8) is 0 Å². The Balaban J connectivity index is 3.94. The molecule has 0 aromatic rings. The van der Waals surface area contributed by atoms with E-state index in [1.54, 1.807) is 6.92 Å². The summed E-state index contributed by atoms with van der Waals surface area (Å²) in [4.78, 5) is 10.9. The monoisotopic (exact) mass is 244 g/mol. The van der Waals surface area contributed by atoms with Gasteiger partial charge in [0.2, 0.25) is 0 Å². The normalized spacial score (nSPS) is 14.9. The van der Waals surface area contributed by atoms with E-state index in [0.29, 0.717) is 12.3 Å². The molecule has 0 aliphatic carbocycles. The topological polar surface area (TPSA) is 26.3 Å². The van der Waals surface area contributed by atoms with E-state index in [2.05, 4.69) is 40.8 Å². The first kappa shape index (κ1) is 15.8. The van der Waals surface area contributed by atoms with Gasteiger partial charge in [-0.25, -0.2) is 0 Å². The van der Waals surface area contributed by atoms with Crippen molar-refractivity contribution in [2.24, 2.45) is 5.92 Å². The number of Topliss-reactive ketones (excluding diaryl/α,β-unsaturated/α-hetero) is 1. The number of carbonyl (C=O) groups excluding carboxylic acids is 1. The van der Waals surface area contributed by atoms with E-state index < -0.39 is 8.32 Å². The van der Waals surface area contributed by atoms with Crippen LogP contribution in [0.1, 0.15) is 47.5 Å². The van der Waals surface area contributed by atoms with Crippen molar-refractivity contribution in [1.29, 1.82) is 0 Å². The molecule has 0 fully saturated rings. The van der Waals surface area contributed by atoms with Crippen molar-refractivity contribution in [2.75, 3.05) is 6.61 Å². The second kappa shape index (κ2) is 5.96. The van der Waals surface area contributed by atoms with Gasteiger partial charge < -0.3 is 9.22 Å². The minimum Gasteiger partial charge on any atom is -0.417 e. The number of hydrogen-bond acceptors (Lipinski definition) is 2. The second-order valence-corrected chi connectivity index (χ2v) is 11.2. The van der Waals surface area contributed by atoms with Crippen LogP contribution in [0.2, 0.25) is 18.1 Å². The van der Waals surface area contributed by atoms with Gasteiger partial charge in [0.05, 0.1) is 0 Å². The fourth-order valence-corrected chi connectivity index (χ4v) is 2.39. The summed E-state index contributed by atoms with van der Waals surface area (Å²) in [7, 11) is -1.60. The molecule has 0 heterocycles. The van der Waals surface area contributed by atoms with E-state index in [-0.39, 0.29) is 10.8 Å². The average Bonchev–Trinajstić information content (AvgIpc) is 1.99. The van der Waals surface area contributed by atoms with E-state index >= 15 is 0 Å². The molecule has 0 aliphatic heterocycles. The van der Waals surface area contributed by atoms with E-state index in [0.717, 1.165) is 13.0 Å². The second-order valence-electron chi connectivity index (χ2n) is 6.41. The Morgan fingerprint density at radius 3 is 2.19 bits per heavy atom. The minimum atomic E-state index is -1.60. The highest BCUT2D eigenvalue weighted by molar-refractivity contribution is 6.74. The van der Waals surface area contributed by atoms with Crippen LogP contribution in [0.3, 0.4) is 0 Å². The summed E-state index contributed by atoms with van der Waals surface area (Å²) >= 11 is 0. The van der Waals surface area contributed by atoms with Crippen molar-refractivity contribution in [2.45, 2.75) is 65.6 Å². The fraction of sp³-hybridized carbons (Fsp3) is 0.923. The Morgan fingerprint density at radius 1 is 1.31 bits per heavy atom. The van der Waals surface area contributed by atoms with Gasteiger partial charge in [-0.15, -0.1) is 0 Å². The molecule has 3 heteroatoms. The first-order valence-corrected chi connectivity index (χ1v) is 9.10. The third-order valence-electron chi connectivity index (χ3n) is 3.52. The quantitative estimate of drug-likeness (QED) is 0.660. The molecule has 0 aliphatic rings. The first-order chi connectivity index (χ1) is 7.06. The molecule has 0 aromatic heterocycles. The summed E-state index contributed by atoms with van der Waals surface area (Å²) in [5, 5.41) is 0.275. The predicted octanol–water partition coefficient (Wildman–Crippen LogP) is 4.01. The zero-order chi connectivity index (χ0) is 13.0. The van der Waals surface area contributed by atoms with Crippen molar-refractivity contribution >= 4 is 14.1 Å². The molecular weight excluding hydrogens is 216 g/mol. The highest BCUT2D eigenvalue weighted by Gasteiger charge is 2.36. The lowest BCUT2D eigenvalue weighted by molar-refractivity contribution is -0.117. The molecule has 0 N–H and O–H groups in total. The van der Waals surface area contributed by atoms with Gasteiger partial charge >= 0.3 is 0 Å². The summed E-state index contributed by atoms with van der Waals surface area (Å²) in [6, 6.07) is 0. The molecule has 2 nitrogen and oxygen atoms in total. The van der Waals surface area contributed by atoms with E-state index in [1.807, 2.05) is 0 Å². The Hall–Kier alpha value is -0.153. The third kappa shape index (κ3) is 5.80. The summed E-state index contributed by atoms with van der Waals surface area (Å²) in [5.74, 6) is 0.724. The van der Waals surface area contributed by atoms with Crippen molar-refractivity contribution in [3.05, 3.63) is 0 Å². The fourth-order valence-electron chi connectivity index (χ4n) is 1.32. The Kier molecular flexibility index (Phi) is 5.91. The average molecular weight is 244 g/mol. The molecule has 0 radical (unpaired) electrons. The van der Waals surface area contributed by atoms with E-state index in [4.69, 9.17) is 4.43 Å². The lowest BCUT2D eigenvalue weighted by Gasteiger charge is -2.36. The predicted molar refractivity (Wildman–Crippen MR) is 72.2 cm³/mol. The van der Waals surface area contributed by atoms with Crippen LogP contribution >= 0.6 is 0 Å². The molecule has 96 valence electrons.